The van der Waals surface area contributed by atoms with Crippen LogP contribution in [0.15, 0.2) is 18.2 Å². The highest BCUT2D eigenvalue weighted by atomic mass is 19.2. The van der Waals surface area contributed by atoms with Gasteiger partial charge in [0, 0.05) is 25.3 Å². The molecule has 2 rings (SSSR count). The van der Waals surface area contributed by atoms with E-state index in [2.05, 4.69) is 5.32 Å². The summed E-state index contributed by atoms with van der Waals surface area (Å²) in [4.78, 5) is 0. The van der Waals surface area contributed by atoms with Gasteiger partial charge in [-0.1, -0.05) is 12.1 Å². The summed E-state index contributed by atoms with van der Waals surface area (Å²) >= 11 is 0. The molecule has 0 aliphatic carbocycles. The first kappa shape index (κ1) is 12.5. The molecule has 1 unspecified atom stereocenters. The van der Waals surface area contributed by atoms with Crippen LogP contribution < -0.4 is 5.32 Å². The third kappa shape index (κ3) is 3.48. The van der Waals surface area contributed by atoms with E-state index in [-0.39, 0.29) is 0 Å². The van der Waals surface area contributed by atoms with Gasteiger partial charge in [-0.15, -0.1) is 0 Å². The van der Waals surface area contributed by atoms with Crippen molar-refractivity contribution in [3.05, 3.63) is 35.4 Å². The van der Waals surface area contributed by atoms with Crippen molar-refractivity contribution >= 4 is 0 Å². The van der Waals surface area contributed by atoms with E-state index in [1.807, 2.05) is 0 Å². The van der Waals surface area contributed by atoms with Crippen molar-refractivity contribution in [2.75, 3.05) is 19.8 Å². The topological polar surface area (TPSA) is 21.3 Å². The Morgan fingerprint density at radius 1 is 1.35 bits per heavy atom. The van der Waals surface area contributed by atoms with Crippen molar-refractivity contribution in [2.24, 2.45) is 5.92 Å². The second-order valence-electron chi connectivity index (χ2n) is 4.41. The maximum absolute atomic E-state index is 13.3. The molecule has 0 spiro atoms. The molecule has 1 aliphatic rings. The first-order valence-electron chi connectivity index (χ1n) is 5.98. The van der Waals surface area contributed by atoms with Gasteiger partial charge >= 0.3 is 0 Å². The van der Waals surface area contributed by atoms with Crippen LogP contribution in [-0.2, 0) is 11.3 Å². The monoisotopic (exact) mass is 241 g/mol. The smallest absolute Gasteiger partial charge is 0.163 e. The minimum absolute atomic E-state index is 0.372. The van der Waals surface area contributed by atoms with E-state index in [9.17, 15) is 8.78 Å². The summed E-state index contributed by atoms with van der Waals surface area (Å²) < 4.78 is 31.5. The van der Waals surface area contributed by atoms with Crippen molar-refractivity contribution in [3.63, 3.8) is 0 Å². The number of rotatable bonds is 5. The van der Waals surface area contributed by atoms with Gasteiger partial charge in [-0.25, -0.2) is 8.78 Å². The average Bonchev–Trinajstić information content (AvgIpc) is 2.83. The molecular weight excluding hydrogens is 224 g/mol. The quantitative estimate of drug-likeness (QED) is 0.800. The minimum Gasteiger partial charge on any atom is -0.381 e. The van der Waals surface area contributed by atoms with E-state index >= 15 is 0 Å². The molecule has 1 fully saturated rings. The normalized spacial score (nSPS) is 19.8. The fourth-order valence-electron chi connectivity index (χ4n) is 2.03. The minimum atomic E-state index is -0.784. The second-order valence-corrected chi connectivity index (χ2v) is 4.41. The Hall–Kier alpha value is -1.00. The van der Waals surface area contributed by atoms with Crippen LogP contribution in [0.2, 0.25) is 0 Å². The molecule has 1 saturated heterocycles. The predicted octanol–water partition coefficient (Wildman–Crippen LogP) is 2.48. The van der Waals surface area contributed by atoms with Gasteiger partial charge < -0.3 is 10.1 Å². The van der Waals surface area contributed by atoms with Gasteiger partial charge in [0.2, 0.25) is 0 Å². The van der Waals surface area contributed by atoms with Crippen LogP contribution in [0.25, 0.3) is 0 Å². The van der Waals surface area contributed by atoms with Crippen LogP contribution in [0.4, 0.5) is 8.78 Å². The molecule has 1 N–H and O–H groups in total. The summed E-state index contributed by atoms with van der Waals surface area (Å²) in [6.07, 6.45) is 2.13. The molecule has 4 heteroatoms. The SMILES string of the molecule is Fc1cccc(CNCCC2CCOC2)c1F. The fourth-order valence-corrected chi connectivity index (χ4v) is 2.03. The highest BCUT2D eigenvalue weighted by molar-refractivity contribution is 5.18. The van der Waals surface area contributed by atoms with Gasteiger partial charge in [-0.05, 0) is 31.4 Å². The number of halogens is 2. The van der Waals surface area contributed by atoms with Crippen LogP contribution in [0.1, 0.15) is 18.4 Å². The third-order valence-electron chi connectivity index (χ3n) is 3.10. The summed E-state index contributed by atoms with van der Waals surface area (Å²) in [7, 11) is 0. The van der Waals surface area contributed by atoms with Gasteiger partial charge in [0.25, 0.3) is 0 Å². The first-order valence-corrected chi connectivity index (χ1v) is 5.98. The van der Waals surface area contributed by atoms with Gasteiger partial charge in [-0.2, -0.15) is 0 Å². The van der Waals surface area contributed by atoms with Crippen LogP contribution >= 0.6 is 0 Å². The number of hydrogen-bond donors (Lipinski definition) is 1. The van der Waals surface area contributed by atoms with Crippen molar-refractivity contribution in [3.8, 4) is 0 Å². The van der Waals surface area contributed by atoms with Gasteiger partial charge in [-0.3, -0.25) is 0 Å². The molecule has 1 aliphatic heterocycles. The lowest BCUT2D eigenvalue weighted by Gasteiger charge is -2.09. The second kappa shape index (κ2) is 6.07. The number of benzene rings is 1. The summed E-state index contributed by atoms with van der Waals surface area (Å²) in [5.41, 5.74) is 0.382. The number of nitrogens with one attached hydrogen (secondary N) is 1. The standard InChI is InChI=1S/C13H17F2NO/c14-12-3-1-2-11(13(12)15)8-16-6-4-10-5-7-17-9-10/h1-3,10,16H,4-9H2. The zero-order valence-corrected chi connectivity index (χ0v) is 9.72. The summed E-state index contributed by atoms with van der Waals surface area (Å²) in [5, 5.41) is 3.13. The Balaban J connectivity index is 1.72. The zero-order valence-electron chi connectivity index (χ0n) is 9.72. The van der Waals surface area contributed by atoms with Crippen molar-refractivity contribution in [1.29, 1.82) is 0 Å². The molecule has 0 amide bonds. The Bertz CT molecular complexity index is 364. The Morgan fingerprint density at radius 2 is 2.24 bits per heavy atom. The Kier molecular flexibility index (Phi) is 4.45. The fraction of sp³-hybridized carbons (Fsp3) is 0.538. The van der Waals surface area contributed by atoms with Gasteiger partial charge in [0.15, 0.2) is 11.6 Å². The highest BCUT2D eigenvalue weighted by Crippen LogP contribution is 2.15. The van der Waals surface area contributed by atoms with E-state index in [0.29, 0.717) is 18.0 Å². The maximum Gasteiger partial charge on any atom is 0.163 e. The Labute approximate surface area is 100.0 Å². The summed E-state index contributed by atoms with van der Waals surface area (Å²) in [5.74, 6) is -0.919. The highest BCUT2D eigenvalue weighted by Gasteiger charge is 2.14. The predicted molar refractivity (Wildman–Crippen MR) is 61.6 cm³/mol. The molecule has 1 atom stereocenters. The zero-order chi connectivity index (χ0) is 12.1. The summed E-state index contributed by atoms with van der Waals surface area (Å²) in [6.45, 7) is 2.86. The molecule has 17 heavy (non-hydrogen) atoms. The molecule has 94 valence electrons. The van der Waals surface area contributed by atoms with Crippen molar-refractivity contribution in [2.45, 2.75) is 19.4 Å². The molecule has 2 nitrogen and oxygen atoms in total. The summed E-state index contributed by atoms with van der Waals surface area (Å²) in [6, 6.07) is 4.26. The van der Waals surface area contributed by atoms with E-state index < -0.39 is 11.6 Å². The van der Waals surface area contributed by atoms with Gasteiger partial charge in [0.1, 0.15) is 0 Å². The molecule has 1 aromatic rings. The molecular formula is C13H17F2NO. The largest absolute Gasteiger partial charge is 0.381 e. The van der Waals surface area contributed by atoms with Crippen LogP contribution in [0.3, 0.4) is 0 Å². The van der Waals surface area contributed by atoms with E-state index in [0.717, 1.165) is 38.7 Å². The lowest BCUT2D eigenvalue weighted by molar-refractivity contribution is 0.184. The molecule has 0 bridgehead atoms. The van der Waals surface area contributed by atoms with E-state index in [4.69, 9.17) is 4.74 Å². The lowest BCUT2D eigenvalue weighted by Crippen LogP contribution is -2.18. The maximum atomic E-state index is 13.3. The van der Waals surface area contributed by atoms with Crippen LogP contribution in [-0.4, -0.2) is 19.8 Å². The number of hydrogen-bond acceptors (Lipinski definition) is 2. The number of ether oxygens (including phenoxy) is 1. The Morgan fingerprint density at radius 3 is 3.00 bits per heavy atom. The van der Waals surface area contributed by atoms with Crippen molar-refractivity contribution < 1.29 is 13.5 Å². The van der Waals surface area contributed by atoms with E-state index in [1.165, 1.54) is 6.07 Å². The molecule has 0 radical (unpaired) electrons. The van der Waals surface area contributed by atoms with Crippen molar-refractivity contribution in [1.82, 2.24) is 5.32 Å². The van der Waals surface area contributed by atoms with Crippen LogP contribution in [0, 0.1) is 17.6 Å². The molecule has 0 aromatic heterocycles. The van der Waals surface area contributed by atoms with Crippen LogP contribution in [0.5, 0.6) is 0 Å². The average molecular weight is 241 g/mol. The first-order chi connectivity index (χ1) is 8.27. The molecule has 1 heterocycles. The van der Waals surface area contributed by atoms with E-state index in [1.54, 1.807) is 6.07 Å². The lowest BCUT2D eigenvalue weighted by atomic mass is 10.1. The molecule has 0 saturated carbocycles. The third-order valence-corrected chi connectivity index (χ3v) is 3.10. The van der Waals surface area contributed by atoms with Gasteiger partial charge in [0.05, 0.1) is 0 Å². The molecule has 1 aromatic carbocycles.